The summed E-state index contributed by atoms with van der Waals surface area (Å²) in [6.07, 6.45) is 1.22. The fraction of sp³-hybridized carbons (Fsp3) is 0.556. The number of nitrogens with zero attached hydrogens (tertiary/aromatic N) is 4. The van der Waals surface area contributed by atoms with Gasteiger partial charge in [-0.05, 0) is 29.3 Å². The number of benzene rings is 1. The highest BCUT2D eigenvalue weighted by Crippen LogP contribution is 2.39. The number of carboxylic acids is 1. The molecule has 0 radical (unpaired) electrons. The van der Waals surface area contributed by atoms with E-state index in [-0.39, 0.29) is 0 Å². The molecule has 0 saturated heterocycles. The summed E-state index contributed by atoms with van der Waals surface area (Å²) in [5, 5.41) is 25.9. The van der Waals surface area contributed by atoms with Crippen molar-refractivity contribution in [2.45, 2.75) is 38.6 Å². The Hall–Kier alpha value is -2.28. The summed E-state index contributed by atoms with van der Waals surface area (Å²) in [5.74, 6) is -1.37. The second-order valence-corrected chi connectivity index (χ2v) is 7.76. The number of aromatic nitrogens is 4. The molecule has 0 aliphatic rings. The van der Waals surface area contributed by atoms with Gasteiger partial charge in [-0.1, -0.05) is 37.6 Å². The third kappa shape index (κ3) is 4.22. The average molecular weight is 345 g/mol. The van der Waals surface area contributed by atoms with Gasteiger partial charge in [0.15, 0.2) is 5.82 Å². The number of hydrogen-bond donors (Lipinski definition) is 1. The zero-order chi connectivity index (χ0) is 18.7. The van der Waals surface area contributed by atoms with Crippen molar-refractivity contribution in [3.63, 3.8) is 0 Å². The number of H-pyrrole nitrogens is 1. The maximum Gasteiger partial charge on any atom is 0.159 e. The summed E-state index contributed by atoms with van der Waals surface area (Å²) in [5.41, 5.74) is 1.17. The summed E-state index contributed by atoms with van der Waals surface area (Å²) in [4.78, 5) is 11.9. The molecule has 2 rings (SSSR count). The largest absolute Gasteiger partial charge is 0.550 e. The Labute approximate surface area is 148 Å². The number of quaternary nitrogens is 1. The van der Waals surface area contributed by atoms with Gasteiger partial charge in [0.05, 0.1) is 26.6 Å². The number of aromatic amines is 1. The molecule has 7 nitrogen and oxygen atoms in total. The lowest BCUT2D eigenvalue weighted by molar-refractivity contribution is -0.884. The number of carbonyl (C=O) groups excluding carboxylic acids is 1. The van der Waals surface area contributed by atoms with Crippen molar-refractivity contribution in [3.05, 3.63) is 41.2 Å². The first-order valence-electron chi connectivity index (χ1n) is 8.53. The molecule has 0 aliphatic carbocycles. The molecule has 0 unspecified atom stereocenters. The fourth-order valence-corrected chi connectivity index (χ4v) is 3.32. The van der Waals surface area contributed by atoms with Crippen molar-refractivity contribution in [3.8, 4) is 0 Å². The van der Waals surface area contributed by atoms with Crippen LogP contribution < -0.4 is 5.11 Å². The fourth-order valence-electron chi connectivity index (χ4n) is 3.32. The van der Waals surface area contributed by atoms with Gasteiger partial charge in [-0.25, -0.2) is 5.10 Å². The Morgan fingerprint density at radius 2 is 1.92 bits per heavy atom. The Morgan fingerprint density at radius 3 is 2.36 bits per heavy atom. The summed E-state index contributed by atoms with van der Waals surface area (Å²) < 4.78 is 0.820. The quantitative estimate of drug-likeness (QED) is 0.717. The summed E-state index contributed by atoms with van der Waals surface area (Å²) in [7, 11) is 6.39. The molecule has 2 aromatic rings. The first kappa shape index (κ1) is 19.1. The standard InChI is InChI=1S/C18H27N5O2/c1-6-7-15(16(24)25)18(2,17-19-21-22-20-17)14-10-8-13(9-11-14)12-23(3,4)5/h8-11,15H,6-7,12H2,1-5H3,(H-,19,20,21,22,24,25)/t15-,18-/m1/s1. The van der Waals surface area contributed by atoms with E-state index in [1.807, 2.05) is 38.1 Å². The number of hydrogen-bond acceptors (Lipinski definition) is 5. The third-order valence-corrected chi connectivity index (χ3v) is 4.61. The maximum absolute atomic E-state index is 11.9. The minimum absolute atomic E-state index is 0.439. The van der Waals surface area contributed by atoms with Gasteiger partial charge in [0.1, 0.15) is 6.54 Å². The molecule has 0 bridgehead atoms. The number of tetrazole rings is 1. The number of nitrogens with one attached hydrogen (secondary N) is 1. The van der Waals surface area contributed by atoms with Crippen molar-refractivity contribution in [1.82, 2.24) is 20.6 Å². The Bertz CT molecular complexity index is 691. The second kappa shape index (κ2) is 7.31. The van der Waals surface area contributed by atoms with E-state index < -0.39 is 17.3 Å². The molecule has 2 atom stereocenters. The molecule has 1 aromatic heterocycles. The average Bonchev–Trinajstić information content (AvgIpc) is 3.05. The Kier molecular flexibility index (Phi) is 5.57. The SMILES string of the molecule is CCC[C@H](C(=O)[O-])[C@@](C)(c1ccc(C[N+](C)(C)C)cc1)c1nnn[nH]1. The zero-order valence-electron chi connectivity index (χ0n) is 15.6. The first-order valence-corrected chi connectivity index (χ1v) is 8.53. The van der Waals surface area contributed by atoms with Gasteiger partial charge in [0, 0.05) is 17.5 Å². The maximum atomic E-state index is 11.9. The van der Waals surface area contributed by atoms with Gasteiger partial charge in [-0.2, -0.15) is 0 Å². The van der Waals surface area contributed by atoms with Crippen LogP contribution in [0.25, 0.3) is 0 Å². The van der Waals surface area contributed by atoms with Gasteiger partial charge in [-0.15, -0.1) is 5.10 Å². The van der Waals surface area contributed by atoms with Crippen molar-refractivity contribution in [1.29, 1.82) is 0 Å². The molecule has 136 valence electrons. The number of carbonyl (C=O) groups is 1. The summed E-state index contributed by atoms with van der Waals surface area (Å²) in [6, 6.07) is 8.02. The van der Waals surface area contributed by atoms with Crippen molar-refractivity contribution >= 4 is 5.97 Å². The lowest BCUT2D eigenvalue weighted by Gasteiger charge is -2.37. The predicted octanol–water partition coefficient (Wildman–Crippen LogP) is 0.878. The minimum atomic E-state index is -1.09. The molecule has 1 heterocycles. The van der Waals surface area contributed by atoms with Crippen molar-refractivity contribution in [2.75, 3.05) is 21.1 Å². The molecule has 0 spiro atoms. The van der Waals surface area contributed by atoms with Crippen molar-refractivity contribution in [2.24, 2.45) is 5.92 Å². The molecular weight excluding hydrogens is 318 g/mol. The van der Waals surface area contributed by atoms with E-state index in [2.05, 4.69) is 41.8 Å². The monoisotopic (exact) mass is 345 g/mol. The van der Waals surface area contributed by atoms with E-state index >= 15 is 0 Å². The molecule has 7 heteroatoms. The van der Waals surface area contributed by atoms with Crippen LogP contribution in [0.5, 0.6) is 0 Å². The van der Waals surface area contributed by atoms with Crippen LogP contribution in [0.3, 0.4) is 0 Å². The van der Waals surface area contributed by atoms with Gasteiger partial charge in [-0.3, -0.25) is 0 Å². The van der Waals surface area contributed by atoms with Gasteiger partial charge >= 0.3 is 0 Å². The Balaban J connectivity index is 2.48. The van der Waals surface area contributed by atoms with Crippen LogP contribution in [0.15, 0.2) is 24.3 Å². The van der Waals surface area contributed by atoms with Crippen LogP contribution in [-0.2, 0) is 16.8 Å². The van der Waals surface area contributed by atoms with Crippen LogP contribution in [-0.4, -0.2) is 52.2 Å². The van der Waals surface area contributed by atoms with Gasteiger partial charge < -0.3 is 14.4 Å². The third-order valence-electron chi connectivity index (χ3n) is 4.61. The van der Waals surface area contributed by atoms with Gasteiger partial charge in [0.2, 0.25) is 0 Å². The Morgan fingerprint density at radius 1 is 1.28 bits per heavy atom. The zero-order valence-corrected chi connectivity index (χ0v) is 15.6. The number of carboxylic acid groups (broad SMARTS) is 1. The van der Waals surface area contributed by atoms with Gasteiger partial charge in [0.25, 0.3) is 0 Å². The van der Waals surface area contributed by atoms with Crippen LogP contribution >= 0.6 is 0 Å². The highest BCUT2D eigenvalue weighted by Gasteiger charge is 2.41. The first-order chi connectivity index (χ1) is 11.7. The summed E-state index contributed by atoms with van der Waals surface area (Å²) in [6.45, 7) is 4.71. The van der Waals surface area contributed by atoms with E-state index in [0.29, 0.717) is 12.2 Å². The van der Waals surface area contributed by atoms with Crippen LogP contribution in [0, 0.1) is 5.92 Å². The smallest absolute Gasteiger partial charge is 0.159 e. The highest BCUT2D eigenvalue weighted by molar-refractivity contribution is 5.71. The molecule has 1 aromatic carbocycles. The minimum Gasteiger partial charge on any atom is -0.550 e. The molecule has 0 fully saturated rings. The molecule has 0 aliphatic heterocycles. The topological polar surface area (TPSA) is 94.6 Å². The van der Waals surface area contributed by atoms with E-state index in [0.717, 1.165) is 23.0 Å². The normalized spacial score (nSPS) is 15.6. The second-order valence-electron chi connectivity index (χ2n) is 7.76. The predicted molar refractivity (Wildman–Crippen MR) is 92.2 cm³/mol. The number of aliphatic carboxylic acids is 1. The van der Waals surface area contributed by atoms with Crippen LogP contribution in [0.2, 0.25) is 0 Å². The van der Waals surface area contributed by atoms with Crippen molar-refractivity contribution < 1.29 is 14.4 Å². The van der Waals surface area contributed by atoms with E-state index in [1.165, 1.54) is 5.56 Å². The highest BCUT2D eigenvalue weighted by atomic mass is 16.4. The molecule has 0 saturated carbocycles. The molecule has 0 amide bonds. The number of rotatable bonds is 8. The van der Waals surface area contributed by atoms with E-state index in [1.54, 1.807) is 0 Å². The van der Waals surface area contributed by atoms with E-state index in [9.17, 15) is 9.90 Å². The van der Waals surface area contributed by atoms with E-state index in [4.69, 9.17) is 0 Å². The molecule has 1 N–H and O–H groups in total. The lowest BCUT2D eigenvalue weighted by atomic mass is 9.69. The lowest BCUT2D eigenvalue weighted by Crippen LogP contribution is -2.45. The van der Waals surface area contributed by atoms with Crippen LogP contribution in [0.1, 0.15) is 43.6 Å². The summed E-state index contributed by atoms with van der Waals surface area (Å²) >= 11 is 0. The molecular formula is C18H27N5O2. The van der Waals surface area contributed by atoms with Crippen LogP contribution in [0.4, 0.5) is 0 Å². The molecule has 25 heavy (non-hydrogen) atoms.